The van der Waals surface area contributed by atoms with Crippen LogP contribution >= 0.6 is 15.9 Å². The zero-order valence-electron chi connectivity index (χ0n) is 11.6. The molecule has 0 saturated heterocycles. The minimum absolute atomic E-state index is 0.00192. The fourth-order valence-corrected chi connectivity index (χ4v) is 2.10. The molecule has 6 nitrogen and oxygen atoms in total. The Kier molecular flexibility index (Phi) is 4.94. The molecule has 7 heteroatoms. The van der Waals surface area contributed by atoms with Gasteiger partial charge in [-0.15, -0.1) is 0 Å². The molecule has 2 aromatic rings. The number of amides is 1. The minimum Gasteiger partial charge on any atom is -0.350 e. The molecule has 0 radical (unpaired) electrons. The van der Waals surface area contributed by atoms with Crippen molar-refractivity contribution in [3.63, 3.8) is 0 Å². The van der Waals surface area contributed by atoms with Crippen LogP contribution in [0.4, 0.5) is 0 Å². The third-order valence-electron chi connectivity index (χ3n) is 3.08. The molecule has 20 heavy (non-hydrogen) atoms. The number of aromatic nitrogens is 4. The summed E-state index contributed by atoms with van der Waals surface area (Å²) in [5.41, 5.74) is 1.90. The summed E-state index contributed by atoms with van der Waals surface area (Å²) in [5.74, 6) is 0.00192. The molecule has 1 N–H and O–H groups in total. The highest BCUT2D eigenvalue weighted by atomic mass is 79.9. The molecule has 0 aliphatic carbocycles. The van der Waals surface area contributed by atoms with E-state index in [1.54, 1.807) is 6.20 Å². The monoisotopic (exact) mass is 339 g/mol. The molecule has 0 fully saturated rings. The fraction of sp³-hybridized carbons (Fsp3) is 0.462. The number of hydrogen-bond donors (Lipinski definition) is 1. The van der Waals surface area contributed by atoms with E-state index < -0.39 is 0 Å². The van der Waals surface area contributed by atoms with E-state index in [0.717, 1.165) is 22.4 Å². The molecule has 0 aliphatic heterocycles. The zero-order chi connectivity index (χ0) is 14.5. The number of hydrogen-bond acceptors (Lipinski definition) is 3. The van der Waals surface area contributed by atoms with Gasteiger partial charge in [0, 0.05) is 31.4 Å². The summed E-state index contributed by atoms with van der Waals surface area (Å²) in [7, 11) is 0. The first kappa shape index (κ1) is 14.8. The molecule has 0 aromatic carbocycles. The number of rotatable bonds is 6. The van der Waals surface area contributed by atoms with Crippen LogP contribution in [-0.2, 0) is 24.4 Å². The second-order valence-corrected chi connectivity index (χ2v) is 5.34. The molecule has 2 heterocycles. The highest BCUT2D eigenvalue weighted by Gasteiger charge is 2.07. The molecule has 0 unspecified atom stereocenters. The van der Waals surface area contributed by atoms with Crippen LogP contribution in [0.25, 0.3) is 0 Å². The van der Waals surface area contributed by atoms with E-state index in [1.807, 2.05) is 35.5 Å². The lowest BCUT2D eigenvalue weighted by atomic mass is 10.3. The van der Waals surface area contributed by atoms with Gasteiger partial charge in [0.2, 0.25) is 5.91 Å². The molecule has 0 aliphatic rings. The molecule has 0 atom stereocenters. The second-order valence-electron chi connectivity index (χ2n) is 4.49. The molecular weight excluding hydrogens is 322 g/mol. The summed E-state index contributed by atoms with van der Waals surface area (Å²) in [5, 5.41) is 11.4. The summed E-state index contributed by atoms with van der Waals surface area (Å²) in [4.78, 5) is 11.8. The Balaban J connectivity index is 1.77. The largest absolute Gasteiger partial charge is 0.350 e. The van der Waals surface area contributed by atoms with Gasteiger partial charge in [0.25, 0.3) is 0 Å². The highest BCUT2D eigenvalue weighted by Crippen LogP contribution is 2.14. The SMILES string of the molecule is CCn1ccc(CNC(=O)CCn2ncc(Br)c2C)n1. The van der Waals surface area contributed by atoms with Gasteiger partial charge in [0.1, 0.15) is 0 Å². The predicted molar refractivity (Wildman–Crippen MR) is 79.0 cm³/mol. The normalized spacial score (nSPS) is 10.8. The second kappa shape index (κ2) is 6.69. The van der Waals surface area contributed by atoms with Gasteiger partial charge in [0.15, 0.2) is 0 Å². The average molecular weight is 340 g/mol. The standard InChI is InChI=1S/C13H18BrN5O/c1-3-18-6-4-11(17-18)8-15-13(20)5-7-19-10(2)12(14)9-16-19/h4,6,9H,3,5,7-8H2,1-2H3,(H,15,20). The number of carbonyl (C=O) groups excluding carboxylic acids is 1. The van der Waals surface area contributed by atoms with E-state index >= 15 is 0 Å². The molecule has 1 amide bonds. The molecular formula is C13H18BrN5O. The Hall–Kier alpha value is -1.63. The van der Waals surface area contributed by atoms with Gasteiger partial charge in [0.05, 0.1) is 22.9 Å². The smallest absolute Gasteiger partial charge is 0.222 e. The maximum atomic E-state index is 11.8. The van der Waals surface area contributed by atoms with Crippen molar-refractivity contribution in [3.8, 4) is 0 Å². The quantitative estimate of drug-likeness (QED) is 0.873. The summed E-state index contributed by atoms with van der Waals surface area (Å²) in [6, 6.07) is 1.92. The molecule has 0 spiro atoms. The van der Waals surface area contributed by atoms with E-state index in [9.17, 15) is 4.79 Å². The average Bonchev–Trinajstić information content (AvgIpc) is 3.03. The molecule has 0 saturated carbocycles. The first-order valence-electron chi connectivity index (χ1n) is 6.57. The number of halogens is 1. The van der Waals surface area contributed by atoms with E-state index in [2.05, 4.69) is 31.4 Å². The summed E-state index contributed by atoms with van der Waals surface area (Å²) in [6.07, 6.45) is 4.06. The Morgan fingerprint density at radius 1 is 1.50 bits per heavy atom. The van der Waals surface area contributed by atoms with Gasteiger partial charge in [-0.25, -0.2) is 0 Å². The van der Waals surface area contributed by atoms with Crippen LogP contribution in [0.5, 0.6) is 0 Å². The van der Waals surface area contributed by atoms with Crippen molar-refractivity contribution in [1.82, 2.24) is 24.9 Å². The summed E-state index contributed by atoms with van der Waals surface area (Å²) in [6.45, 7) is 5.87. The summed E-state index contributed by atoms with van der Waals surface area (Å²) >= 11 is 3.40. The zero-order valence-corrected chi connectivity index (χ0v) is 13.2. The maximum Gasteiger partial charge on any atom is 0.222 e. The van der Waals surface area contributed by atoms with Crippen molar-refractivity contribution in [3.05, 3.63) is 34.3 Å². The van der Waals surface area contributed by atoms with Crippen LogP contribution < -0.4 is 5.32 Å². The lowest BCUT2D eigenvalue weighted by molar-refractivity contribution is -0.121. The maximum absolute atomic E-state index is 11.8. The third kappa shape index (κ3) is 3.69. The first-order chi connectivity index (χ1) is 9.60. The van der Waals surface area contributed by atoms with Crippen LogP contribution in [0.2, 0.25) is 0 Å². The highest BCUT2D eigenvalue weighted by molar-refractivity contribution is 9.10. The van der Waals surface area contributed by atoms with Crippen LogP contribution in [0, 0.1) is 6.92 Å². The minimum atomic E-state index is 0.00192. The molecule has 108 valence electrons. The number of aryl methyl sites for hydroxylation is 2. The number of nitrogens with one attached hydrogen (secondary N) is 1. The predicted octanol–water partition coefficient (Wildman–Crippen LogP) is 1.88. The number of carbonyl (C=O) groups is 1. The van der Waals surface area contributed by atoms with Gasteiger partial charge in [-0.3, -0.25) is 14.2 Å². The van der Waals surface area contributed by atoms with Crippen LogP contribution in [0.3, 0.4) is 0 Å². The topological polar surface area (TPSA) is 64.7 Å². The van der Waals surface area contributed by atoms with Gasteiger partial charge in [-0.1, -0.05) is 0 Å². The van der Waals surface area contributed by atoms with E-state index in [-0.39, 0.29) is 5.91 Å². The van der Waals surface area contributed by atoms with Crippen molar-refractivity contribution in [2.75, 3.05) is 0 Å². The van der Waals surface area contributed by atoms with Crippen molar-refractivity contribution >= 4 is 21.8 Å². The van der Waals surface area contributed by atoms with Crippen molar-refractivity contribution in [2.45, 2.75) is 39.9 Å². The van der Waals surface area contributed by atoms with Crippen LogP contribution in [0.15, 0.2) is 22.9 Å². The van der Waals surface area contributed by atoms with Crippen molar-refractivity contribution in [1.29, 1.82) is 0 Å². The van der Waals surface area contributed by atoms with Crippen molar-refractivity contribution in [2.24, 2.45) is 0 Å². The fourth-order valence-electron chi connectivity index (χ4n) is 1.81. The Morgan fingerprint density at radius 3 is 2.90 bits per heavy atom. The number of nitrogens with zero attached hydrogens (tertiary/aromatic N) is 4. The molecule has 2 rings (SSSR count). The van der Waals surface area contributed by atoms with Gasteiger partial charge in [-0.05, 0) is 35.8 Å². The lowest BCUT2D eigenvalue weighted by Gasteiger charge is -2.05. The lowest BCUT2D eigenvalue weighted by Crippen LogP contribution is -2.24. The van der Waals surface area contributed by atoms with Gasteiger partial charge < -0.3 is 5.32 Å². The van der Waals surface area contributed by atoms with Gasteiger partial charge >= 0.3 is 0 Å². The first-order valence-corrected chi connectivity index (χ1v) is 7.36. The Labute approximate surface area is 126 Å². The summed E-state index contributed by atoms with van der Waals surface area (Å²) < 4.78 is 4.62. The molecule has 2 aromatic heterocycles. The van der Waals surface area contributed by atoms with E-state index in [4.69, 9.17) is 0 Å². The third-order valence-corrected chi connectivity index (χ3v) is 3.86. The molecule has 0 bridgehead atoms. The van der Waals surface area contributed by atoms with Gasteiger partial charge in [-0.2, -0.15) is 10.2 Å². The van der Waals surface area contributed by atoms with E-state index in [0.29, 0.717) is 19.5 Å². The Bertz CT molecular complexity index is 589. The van der Waals surface area contributed by atoms with Crippen molar-refractivity contribution < 1.29 is 4.79 Å². The van der Waals surface area contributed by atoms with Crippen LogP contribution in [0.1, 0.15) is 24.7 Å². The van der Waals surface area contributed by atoms with E-state index in [1.165, 1.54) is 0 Å². The van der Waals surface area contributed by atoms with Crippen LogP contribution in [-0.4, -0.2) is 25.5 Å². The Morgan fingerprint density at radius 2 is 2.30 bits per heavy atom.